The number of carboxylic acid groups (broad SMARTS) is 1. The van der Waals surface area contributed by atoms with Gasteiger partial charge in [0.05, 0.1) is 11.9 Å². The topological polar surface area (TPSA) is 97.1 Å². The van der Waals surface area contributed by atoms with Crippen LogP contribution in [0.25, 0.3) is 10.6 Å². The van der Waals surface area contributed by atoms with Gasteiger partial charge in [0.15, 0.2) is 0 Å². The van der Waals surface area contributed by atoms with Crippen molar-refractivity contribution in [1.82, 2.24) is 20.1 Å². The molecular weight excluding hydrogens is 316 g/mol. The average Bonchev–Trinajstić information content (AvgIpc) is 3.09. The minimum Gasteiger partial charge on any atom is -0.480 e. The van der Waals surface area contributed by atoms with Crippen molar-refractivity contribution in [1.29, 1.82) is 0 Å². The number of carbonyl (C=O) groups excluding carboxylic acids is 1. The second-order valence-electron chi connectivity index (χ2n) is 5.51. The molecule has 2 heterocycles. The molecule has 124 valence electrons. The lowest BCUT2D eigenvalue weighted by Gasteiger charge is -2.19. The molecule has 1 amide bonds. The summed E-state index contributed by atoms with van der Waals surface area (Å²) in [5.74, 6) is -1.58. The fourth-order valence-electron chi connectivity index (χ4n) is 2.15. The molecule has 2 atom stereocenters. The van der Waals surface area contributed by atoms with Gasteiger partial charge in [0.2, 0.25) is 0 Å². The minimum absolute atomic E-state index is 0.150. The van der Waals surface area contributed by atoms with Gasteiger partial charge in [-0.1, -0.05) is 20.3 Å². The molecule has 23 heavy (non-hydrogen) atoms. The molecule has 0 aliphatic carbocycles. The largest absolute Gasteiger partial charge is 0.480 e. The maximum Gasteiger partial charge on any atom is 0.326 e. The zero-order valence-electron chi connectivity index (χ0n) is 13.5. The van der Waals surface area contributed by atoms with Gasteiger partial charge < -0.3 is 10.4 Å². The second-order valence-corrected chi connectivity index (χ2v) is 6.51. The SMILES string of the molecule is CCC(C)C(NC(=O)c1sc(-c2cnn(C)c2)nc1C)C(=O)O. The van der Waals surface area contributed by atoms with Gasteiger partial charge in [-0.15, -0.1) is 11.3 Å². The van der Waals surface area contributed by atoms with Crippen LogP contribution >= 0.6 is 11.3 Å². The van der Waals surface area contributed by atoms with Crippen LogP contribution < -0.4 is 5.32 Å². The molecule has 7 nitrogen and oxygen atoms in total. The van der Waals surface area contributed by atoms with Crippen molar-refractivity contribution in [3.8, 4) is 10.6 Å². The number of aryl methyl sites for hydroxylation is 2. The van der Waals surface area contributed by atoms with Crippen LogP contribution in [-0.2, 0) is 11.8 Å². The highest BCUT2D eigenvalue weighted by molar-refractivity contribution is 7.17. The van der Waals surface area contributed by atoms with Gasteiger partial charge in [-0.3, -0.25) is 9.48 Å². The van der Waals surface area contributed by atoms with Crippen molar-refractivity contribution in [2.75, 3.05) is 0 Å². The molecule has 0 saturated heterocycles. The van der Waals surface area contributed by atoms with Crippen LogP contribution in [0.4, 0.5) is 0 Å². The van der Waals surface area contributed by atoms with Crippen LogP contribution in [0.2, 0.25) is 0 Å². The molecule has 2 unspecified atom stereocenters. The predicted octanol–water partition coefficient (Wildman–Crippen LogP) is 2.08. The average molecular weight is 336 g/mol. The normalized spacial score (nSPS) is 13.6. The first-order valence-electron chi connectivity index (χ1n) is 7.33. The molecule has 0 aliphatic heterocycles. The number of carbonyl (C=O) groups is 2. The van der Waals surface area contributed by atoms with Gasteiger partial charge in [-0.2, -0.15) is 5.10 Å². The number of amides is 1. The molecule has 2 aromatic heterocycles. The van der Waals surface area contributed by atoms with E-state index >= 15 is 0 Å². The summed E-state index contributed by atoms with van der Waals surface area (Å²) in [4.78, 5) is 28.6. The number of nitrogens with one attached hydrogen (secondary N) is 1. The Labute approximate surface area is 138 Å². The van der Waals surface area contributed by atoms with Crippen molar-refractivity contribution < 1.29 is 14.7 Å². The van der Waals surface area contributed by atoms with Crippen LogP contribution in [0.1, 0.15) is 35.6 Å². The van der Waals surface area contributed by atoms with Gasteiger partial charge >= 0.3 is 5.97 Å². The highest BCUT2D eigenvalue weighted by Gasteiger charge is 2.27. The summed E-state index contributed by atoms with van der Waals surface area (Å²) in [6.07, 6.45) is 4.16. The summed E-state index contributed by atoms with van der Waals surface area (Å²) < 4.78 is 1.66. The van der Waals surface area contributed by atoms with Crippen molar-refractivity contribution in [2.24, 2.45) is 13.0 Å². The van der Waals surface area contributed by atoms with Crippen molar-refractivity contribution in [3.05, 3.63) is 23.0 Å². The van der Waals surface area contributed by atoms with E-state index in [4.69, 9.17) is 0 Å². The van der Waals surface area contributed by atoms with Crippen LogP contribution in [0.3, 0.4) is 0 Å². The van der Waals surface area contributed by atoms with E-state index in [0.717, 1.165) is 5.56 Å². The molecule has 2 aromatic rings. The first-order valence-corrected chi connectivity index (χ1v) is 8.15. The third kappa shape index (κ3) is 3.76. The fourth-order valence-corrected chi connectivity index (χ4v) is 3.10. The van der Waals surface area contributed by atoms with E-state index in [9.17, 15) is 14.7 Å². The molecular formula is C15H20N4O3S. The summed E-state index contributed by atoms with van der Waals surface area (Å²) in [5, 5.41) is 16.7. The van der Waals surface area contributed by atoms with E-state index in [2.05, 4.69) is 15.4 Å². The minimum atomic E-state index is -1.03. The molecule has 0 bridgehead atoms. The Morgan fingerprint density at radius 2 is 2.17 bits per heavy atom. The fraction of sp³-hybridized carbons (Fsp3) is 0.467. The van der Waals surface area contributed by atoms with Crippen LogP contribution in [0.5, 0.6) is 0 Å². The zero-order valence-corrected chi connectivity index (χ0v) is 14.3. The van der Waals surface area contributed by atoms with Crippen molar-refractivity contribution in [2.45, 2.75) is 33.2 Å². The van der Waals surface area contributed by atoms with Gasteiger partial charge in [0.1, 0.15) is 15.9 Å². The number of aromatic nitrogens is 3. The van der Waals surface area contributed by atoms with Crippen molar-refractivity contribution in [3.63, 3.8) is 0 Å². The Balaban J connectivity index is 2.22. The second kappa shape index (κ2) is 6.91. The van der Waals surface area contributed by atoms with E-state index in [1.165, 1.54) is 11.3 Å². The summed E-state index contributed by atoms with van der Waals surface area (Å²) in [5.41, 5.74) is 1.41. The lowest BCUT2D eigenvalue weighted by atomic mass is 9.99. The summed E-state index contributed by atoms with van der Waals surface area (Å²) in [6, 6.07) is -0.907. The summed E-state index contributed by atoms with van der Waals surface area (Å²) in [7, 11) is 1.81. The number of carboxylic acids is 1. The number of thiazole rings is 1. The third-order valence-corrected chi connectivity index (χ3v) is 4.93. The number of aliphatic carboxylic acids is 1. The van der Waals surface area contributed by atoms with Crippen LogP contribution in [0.15, 0.2) is 12.4 Å². The standard InChI is InChI=1S/C15H20N4O3S/c1-5-8(2)11(15(21)22)18-13(20)12-9(3)17-14(23-12)10-6-16-19(4)7-10/h6-8,11H,5H2,1-4H3,(H,18,20)(H,21,22). The Hall–Kier alpha value is -2.22. The Kier molecular flexibility index (Phi) is 5.15. The number of hydrogen-bond acceptors (Lipinski definition) is 5. The first-order chi connectivity index (χ1) is 10.8. The third-order valence-electron chi connectivity index (χ3n) is 3.72. The van der Waals surface area contributed by atoms with Crippen molar-refractivity contribution >= 4 is 23.2 Å². The Bertz CT molecular complexity index is 722. The lowest BCUT2D eigenvalue weighted by Crippen LogP contribution is -2.44. The lowest BCUT2D eigenvalue weighted by molar-refractivity contribution is -0.140. The molecule has 0 fully saturated rings. The molecule has 8 heteroatoms. The van der Waals surface area contributed by atoms with E-state index in [1.807, 2.05) is 13.1 Å². The molecule has 0 aliphatic rings. The van der Waals surface area contributed by atoms with Gasteiger partial charge in [0, 0.05) is 18.8 Å². The highest BCUT2D eigenvalue weighted by Crippen LogP contribution is 2.27. The smallest absolute Gasteiger partial charge is 0.326 e. The monoisotopic (exact) mass is 336 g/mol. The van der Waals surface area contributed by atoms with E-state index in [0.29, 0.717) is 22.0 Å². The first kappa shape index (κ1) is 17.1. The van der Waals surface area contributed by atoms with E-state index in [-0.39, 0.29) is 5.92 Å². The number of nitrogens with zero attached hydrogens (tertiary/aromatic N) is 3. The maximum atomic E-state index is 12.4. The van der Waals surface area contributed by atoms with Gasteiger partial charge in [0.25, 0.3) is 5.91 Å². The molecule has 0 spiro atoms. The van der Waals surface area contributed by atoms with Gasteiger partial charge in [-0.25, -0.2) is 9.78 Å². The molecule has 0 aromatic carbocycles. The van der Waals surface area contributed by atoms with Crippen LogP contribution in [0, 0.1) is 12.8 Å². The summed E-state index contributed by atoms with van der Waals surface area (Å²) in [6.45, 7) is 5.44. The van der Waals surface area contributed by atoms with E-state index < -0.39 is 17.9 Å². The molecule has 2 rings (SSSR count). The number of hydrogen-bond donors (Lipinski definition) is 2. The van der Waals surface area contributed by atoms with E-state index in [1.54, 1.807) is 31.8 Å². The zero-order chi connectivity index (χ0) is 17.1. The quantitative estimate of drug-likeness (QED) is 0.842. The highest BCUT2D eigenvalue weighted by atomic mass is 32.1. The predicted molar refractivity (Wildman–Crippen MR) is 87.4 cm³/mol. The molecule has 0 saturated carbocycles. The maximum absolute atomic E-state index is 12.4. The van der Waals surface area contributed by atoms with Crippen LogP contribution in [-0.4, -0.2) is 37.8 Å². The number of rotatable bonds is 6. The Morgan fingerprint density at radius 3 is 2.70 bits per heavy atom. The Morgan fingerprint density at radius 1 is 1.48 bits per heavy atom. The van der Waals surface area contributed by atoms with Gasteiger partial charge in [-0.05, 0) is 12.8 Å². The molecule has 2 N–H and O–H groups in total. The summed E-state index contributed by atoms with van der Waals surface area (Å²) >= 11 is 1.24. The molecule has 0 radical (unpaired) electrons.